The minimum Gasteiger partial charge on any atom is -0.475 e. The van der Waals surface area contributed by atoms with E-state index >= 15 is 0 Å². The van der Waals surface area contributed by atoms with Gasteiger partial charge in [-0.25, -0.2) is 4.79 Å². The van der Waals surface area contributed by atoms with E-state index in [1.54, 1.807) is 6.07 Å². The van der Waals surface area contributed by atoms with Gasteiger partial charge in [-0.05, 0) is 31.9 Å². The molecule has 1 amide bonds. The third kappa shape index (κ3) is 3.33. The third-order valence-corrected chi connectivity index (χ3v) is 2.78. The molecule has 1 saturated carbocycles. The number of rotatable bonds is 6. The quantitative estimate of drug-likeness (QED) is 0.700. The fraction of sp³-hybridized carbons (Fsp3) is 0.500. The summed E-state index contributed by atoms with van der Waals surface area (Å²) < 4.78 is 5.14. The summed E-state index contributed by atoms with van der Waals surface area (Å²) in [6.07, 6.45) is 2.11. The first-order valence-corrected chi connectivity index (χ1v) is 5.92. The summed E-state index contributed by atoms with van der Waals surface area (Å²) in [4.78, 5) is 22.1. The molecule has 1 aliphatic rings. The molecule has 18 heavy (non-hydrogen) atoms. The zero-order valence-electron chi connectivity index (χ0n) is 10.1. The highest BCUT2D eigenvalue weighted by molar-refractivity contribution is 5.84. The van der Waals surface area contributed by atoms with Gasteiger partial charge in [0.2, 0.25) is 11.7 Å². The normalized spacial score (nSPS) is 16.3. The molecule has 3 N–H and O–H groups in total. The Morgan fingerprint density at radius 2 is 2.22 bits per heavy atom. The largest absolute Gasteiger partial charge is 0.475 e. The van der Waals surface area contributed by atoms with Crippen LogP contribution in [0, 0.1) is 0 Å². The second-order valence-electron chi connectivity index (χ2n) is 4.45. The van der Waals surface area contributed by atoms with Crippen LogP contribution in [0.25, 0.3) is 0 Å². The molecule has 1 heterocycles. The van der Waals surface area contributed by atoms with Crippen molar-refractivity contribution in [1.29, 1.82) is 0 Å². The summed E-state index contributed by atoms with van der Waals surface area (Å²) >= 11 is 0. The van der Waals surface area contributed by atoms with Crippen molar-refractivity contribution in [2.24, 2.45) is 0 Å². The van der Waals surface area contributed by atoms with Gasteiger partial charge in [-0.2, -0.15) is 0 Å². The average molecular weight is 252 g/mol. The van der Waals surface area contributed by atoms with Gasteiger partial charge < -0.3 is 14.8 Å². The predicted octanol–water partition coefficient (Wildman–Crippen LogP) is 0.907. The minimum absolute atomic E-state index is 0.0469. The predicted molar refractivity (Wildman–Crippen MR) is 63.2 cm³/mol. The van der Waals surface area contributed by atoms with Gasteiger partial charge in [-0.15, -0.1) is 0 Å². The van der Waals surface area contributed by atoms with Gasteiger partial charge in [-0.3, -0.25) is 10.1 Å². The molecule has 0 bridgehead atoms. The molecule has 1 unspecified atom stereocenters. The second-order valence-corrected chi connectivity index (χ2v) is 4.45. The number of aromatic carboxylic acids is 1. The van der Waals surface area contributed by atoms with Crippen LogP contribution >= 0.6 is 0 Å². The van der Waals surface area contributed by atoms with Crippen molar-refractivity contribution in [2.45, 2.75) is 31.8 Å². The maximum absolute atomic E-state index is 11.4. The number of carbonyl (C=O) groups excluding carboxylic acids is 1. The Balaban J connectivity index is 1.80. The molecule has 0 aliphatic heterocycles. The molecule has 1 fully saturated rings. The number of carboxylic acids is 1. The Kier molecular flexibility index (Phi) is 3.66. The SMILES string of the molecule is CC(NCC(=O)NC1CC1)c1ccc(C(=O)O)o1. The monoisotopic (exact) mass is 252 g/mol. The molecule has 6 heteroatoms. The summed E-state index contributed by atoms with van der Waals surface area (Å²) in [5.41, 5.74) is 0. The molecular weight excluding hydrogens is 236 g/mol. The van der Waals surface area contributed by atoms with Crippen LogP contribution in [0.2, 0.25) is 0 Å². The summed E-state index contributed by atoms with van der Waals surface area (Å²) in [6.45, 7) is 2.01. The molecule has 2 rings (SSSR count). The van der Waals surface area contributed by atoms with E-state index in [0.29, 0.717) is 11.8 Å². The molecule has 6 nitrogen and oxygen atoms in total. The van der Waals surface area contributed by atoms with Crippen LogP contribution in [0.15, 0.2) is 16.5 Å². The van der Waals surface area contributed by atoms with Crippen LogP contribution in [0.5, 0.6) is 0 Å². The van der Waals surface area contributed by atoms with E-state index in [-0.39, 0.29) is 24.3 Å². The Morgan fingerprint density at radius 3 is 2.78 bits per heavy atom. The Labute approximate surface area is 104 Å². The molecule has 0 aromatic carbocycles. The fourth-order valence-corrected chi connectivity index (χ4v) is 1.55. The van der Waals surface area contributed by atoms with Gasteiger partial charge >= 0.3 is 5.97 Å². The topological polar surface area (TPSA) is 91.6 Å². The zero-order chi connectivity index (χ0) is 13.1. The molecule has 98 valence electrons. The van der Waals surface area contributed by atoms with E-state index in [4.69, 9.17) is 9.52 Å². The van der Waals surface area contributed by atoms with Gasteiger partial charge in [0.15, 0.2) is 0 Å². The van der Waals surface area contributed by atoms with Crippen LogP contribution in [0.3, 0.4) is 0 Å². The molecule has 1 aromatic heterocycles. The van der Waals surface area contributed by atoms with Gasteiger partial charge in [0.1, 0.15) is 5.76 Å². The molecule has 0 saturated heterocycles. The van der Waals surface area contributed by atoms with Crippen molar-refractivity contribution in [1.82, 2.24) is 10.6 Å². The Bertz CT molecular complexity index is 451. The maximum atomic E-state index is 11.4. The van der Waals surface area contributed by atoms with Gasteiger partial charge in [0, 0.05) is 6.04 Å². The maximum Gasteiger partial charge on any atom is 0.371 e. The first-order valence-electron chi connectivity index (χ1n) is 5.92. The van der Waals surface area contributed by atoms with Crippen LogP contribution in [-0.2, 0) is 4.79 Å². The zero-order valence-corrected chi connectivity index (χ0v) is 10.1. The second kappa shape index (κ2) is 5.22. The van der Waals surface area contributed by atoms with E-state index in [9.17, 15) is 9.59 Å². The lowest BCUT2D eigenvalue weighted by molar-refractivity contribution is -0.120. The van der Waals surface area contributed by atoms with Crippen LogP contribution < -0.4 is 10.6 Å². The number of nitrogens with one attached hydrogen (secondary N) is 2. The molecular formula is C12H16N2O4. The lowest BCUT2D eigenvalue weighted by Crippen LogP contribution is -2.36. The van der Waals surface area contributed by atoms with Crippen molar-refractivity contribution in [3.8, 4) is 0 Å². The highest BCUT2D eigenvalue weighted by Gasteiger charge is 2.23. The molecule has 1 aromatic rings. The number of carboxylic acid groups (broad SMARTS) is 1. The first-order chi connectivity index (χ1) is 8.56. The third-order valence-electron chi connectivity index (χ3n) is 2.78. The van der Waals surface area contributed by atoms with Crippen molar-refractivity contribution < 1.29 is 19.1 Å². The van der Waals surface area contributed by atoms with Crippen molar-refractivity contribution >= 4 is 11.9 Å². The van der Waals surface area contributed by atoms with Crippen LogP contribution in [0.1, 0.15) is 42.1 Å². The summed E-state index contributed by atoms with van der Waals surface area (Å²) in [5, 5.41) is 14.6. The lowest BCUT2D eigenvalue weighted by Gasteiger charge is -2.11. The van der Waals surface area contributed by atoms with Gasteiger partial charge in [0.25, 0.3) is 0 Å². The van der Waals surface area contributed by atoms with E-state index in [0.717, 1.165) is 12.8 Å². The first kappa shape index (κ1) is 12.6. The molecule has 1 aliphatic carbocycles. The van der Waals surface area contributed by atoms with E-state index in [1.165, 1.54) is 6.07 Å². The smallest absolute Gasteiger partial charge is 0.371 e. The lowest BCUT2D eigenvalue weighted by atomic mass is 10.2. The van der Waals surface area contributed by atoms with Gasteiger partial charge in [0.05, 0.1) is 12.6 Å². The number of furan rings is 1. The minimum atomic E-state index is -1.10. The highest BCUT2D eigenvalue weighted by Crippen LogP contribution is 2.18. The fourth-order valence-electron chi connectivity index (χ4n) is 1.55. The van der Waals surface area contributed by atoms with Crippen molar-refractivity contribution in [3.05, 3.63) is 23.7 Å². The van der Waals surface area contributed by atoms with Crippen LogP contribution in [-0.4, -0.2) is 29.6 Å². The average Bonchev–Trinajstić information content (AvgIpc) is 2.98. The van der Waals surface area contributed by atoms with E-state index < -0.39 is 5.97 Å². The summed E-state index contributed by atoms with van der Waals surface area (Å²) in [7, 11) is 0. The summed E-state index contributed by atoms with van der Waals surface area (Å²) in [5.74, 6) is -0.734. The number of hydrogen-bond acceptors (Lipinski definition) is 4. The highest BCUT2D eigenvalue weighted by atomic mass is 16.4. The van der Waals surface area contributed by atoms with Crippen molar-refractivity contribution in [2.75, 3.05) is 6.54 Å². The standard InChI is InChI=1S/C12H16N2O4/c1-7(9-4-5-10(18-9)12(16)17)13-6-11(15)14-8-2-3-8/h4-5,7-8,13H,2-3,6H2,1H3,(H,14,15)(H,16,17). The van der Waals surface area contributed by atoms with Crippen molar-refractivity contribution in [3.63, 3.8) is 0 Å². The van der Waals surface area contributed by atoms with E-state index in [1.807, 2.05) is 6.92 Å². The van der Waals surface area contributed by atoms with E-state index in [2.05, 4.69) is 10.6 Å². The number of carbonyl (C=O) groups is 2. The number of hydrogen-bond donors (Lipinski definition) is 3. The molecule has 0 radical (unpaired) electrons. The molecule has 1 atom stereocenters. The Hall–Kier alpha value is -1.82. The number of amides is 1. The Morgan fingerprint density at radius 1 is 1.50 bits per heavy atom. The summed E-state index contributed by atoms with van der Waals surface area (Å²) in [6, 6.07) is 3.14. The van der Waals surface area contributed by atoms with Gasteiger partial charge in [-0.1, -0.05) is 0 Å². The van der Waals surface area contributed by atoms with Crippen LogP contribution in [0.4, 0.5) is 0 Å². The molecule has 0 spiro atoms.